The Hall–Kier alpha value is -3.35. The smallest absolute Gasteiger partial charge is 0.227 e. The van der Waals surface area contributed by atoms with Crippen LogP contribution in [0.3, 0.4) is 0 Å². The monoisotopic (exact) mass is 379 g/mol. The van der Waals surface area contributed by atoms with Gasteiger partial charge in [-0.3, -0.25) is 4.79 Å². The summed E-state index contributed by atoms with van der Waals surface area (Å²) in [4.78, 5) is 16.8. The Bertz CT molecular complexity index is 952. The normalized spacial score (nSPS) is 15.4. The molecule has 4 rings (SSSR count). The van der Waals surface area contributed by atoms with Gasteiger partial charge >= 0.3 is 0 Å². The van der Waals surface area contributed by atoms with Crippen LogP contribution in [0, 0.1) is 0 Å². The van der Waals surface area contributed by atoms with Crippen LogP contribution in [0.2, 0.25) is 0 Å². The average molecular weight is 379 g/mol. The predicted molar refractivity (Wildman–Crippen MR) is 102 cm³/mol. The summed E-state index contributed by atoms with van der Waals surface area (Å²) in [5.41, 5.74) is 1.85. The number of para-hydroxylation sites is 1. The topological polar surface area (TPSA) is 86.5 Å². The number of nitrogens with one attached hydrogen (secondary N) is 1. The second-order valence-electron chi connectivity index (χ2n) is 6.54. The standard InChI is InChI=1S/C21H21N3O4/c1-26-15-8-6-14(7-9-15)21-23-20(28-24-21)11-10-19(25)22-17-12-13-27-18-5-3-2-4-16(17)18/h2-9,17H,10-13H2,1H3,(H,22,25). The molecule has 1 amide bonds. The molecule has 28 heavy (non-hydrogen) atoms. The van der Waals surface area contributed by atoms with E-state index >= 15 is 0 Å². The quantitative estimate of drug-likeness (QED) is 0.707. The second kappa shape index (κ2) is 8.12. The summed E-state index contributed by atoms with van der Waals surface area (Å²) in [5.74, 6) is 2.48. The Kier molecular flexibility index (Phi) is 5.23. The molecule has 1 aliphatic heterocycles. The fraction of sp³-hybridized carbons (Fsp3) is 0.286. The maximum atomic E-state index is 12.4. The number of rotatable bonds is 6. The zero-order chi connectivity index (χ0) is 19.3. The van der Waals surface area contributed by atoms with E-state index in [1.807, 2.05) is 48.5 Å². The van der Waals surface area contributed by atoms with Gasteiger partial charge in [-0.2, -0.15) is 4.98 Å². The molecule has 7 heteroatoms. The Balaban J connectivity index is 1.34. The molecule has 1 atom stereocenters. The minimum Gasteiger partial charge on any atom is -0.497 e. The summed E-state index contributed by atoms with van der Waals surface area (Å²) in [7, 11) is 1.62. The summed E-state index contributed by atoms with van der Waals surface area (Å²) in [5, 5.41) is 7.06. The average Bonchev–Trinajstić information content (AvgIpc) is 3.22. The molecule has 1 N–H and O–H groups in total. The molecular formula is C21H21N3O4. The van der Waals surface area contributed by atoms with Crippen molar-refractivity contribution in [3.63, 3.8) is 0 Å². The number of hydrogen-bond acceptors (Lipinski definition) is 6. The second-order valence-corrected chi connectivity index (χ2v) is 6.54. The molecule has 0 bridgehead atoms. The van der Waals surface area contributed by atoms with Crippen molar-refractivity contribution in [2.75, 3.05) is 13.7 Å². The lowest BCUT2D eigenvalue weighted by Crippen LogP contribution is -2.32. The van der Waals surface area contributed by atoms with Crippen LogP contribution in [0.15, 0.2) is 53.1 Å². The molecule has 2 heterocycles. The van der Waals surface area contributed by atoms with Crippen LogP contribution in [-0.2, 0) is 11.2 Å². The molecule has 7 nitrogen and oxygen atoms in total. The van der Waals surface area contributed by atoms with Gasteiger partial charge in [0.05, 0.1) is 19.8 Å². The fourth-order valence-electron chi connectivity index (χ4n) is 3.19. The van der Waals surface area contributed by atoms with Gasteiger partial charge in [0, 0.05) is 30.4 Å². The van der Waals surface area contributed by atoms with Crippen LogP contribution >= 0.6 is 0 Å². The first-order chi connectivity index (χ1) is 13.7. The zero-order valence-corrected chi connectivity index (χ0v) is 15.6. The van der Waals surface area contributed by atoms with Gasteiger partial charge in [0.25, 0.3) is 0 Å². The van der Waals surface area contributed by atoms with Crippen molar-refractivity contribution in [3.05, 3.63) is 60.0 Å². The maximum absolute atomic E-state index is 12.4. The van der Waals surface area contributed by atoms with Gasteiger partial charge in [0.2, 0.25) is 17.6 Å². The maximum Gasteiger partial charge on any atom is 0.227 e. The van der Waals surface area contributed by atoms with E-state index in [9.17, 15) is 4.79 Å². The number of nitrogens with zero attached hydrogens (tertiary/aromatic N) is 2. The number of carbonyl (C=O) groups is 1. The van der Waals surface area contributed by atoms with Crippen molar-refractivity contribution in [3.8, 4) is 22.9 Å². The number of carbonyl (C=O) groups excluding carboxylic acids is 1. The number of methoxy groups -OCH3 is 1. The highest BCUT2D eigenvalue weighted by Crippen LogP contribution is 2.31. The number of ether oxygens (including phenoxy) is 2. The van der Waals surface area contributed by atoms with Crippen LogP contribution in [0.5, 0.6) is 11.5 Å². The molecule has 1 aliphatic rings. The van der Waals surface area contributed by atoms with Crippen LogP contribution in [-0.4, -0.2) is 29.8 Å². The number of hydrogen-bond donors (Lipinski definition) is 1. The predicted octanol–water partition coefficient (Wildman–Crippen LogP) is 3.32. The van der Waals surface area contributed by atoms with E-state index in [0.717, 1.165) is 29.0 Å². The van der Waals surface area contributed by atoms with E-state index < -0.39 is 0 Å². The molecule has 144 valence electrons. The SMILES string of the molecule is COc1ccc(-c2noc(CCC(=O)NC3CCOc4ccccc43)n2)cc1. The van der Waals surface area contributed by atoms with Gasteiger partial charge in [0.15, 0.2) is 0 Å². The zero-order valence-electron chi connectivity index (χ0n) is 15.6. The Morgan fingerprint density at radius 3 is 2.86 bits per heavy atom. The van der Waals surface area contributed by atoms with E-state index in [1.54, 1.807) is 7.11 Å². The summed E-state index contributed by atoms with van der Waals surface area (Å²) in [6.07, 6.45) is 1.43. The summed E-state index contributed by atoms with van der Waals surface area (Å²) >= 11 is 0. The number of fused-ring (bicyclic) bond motifs is 1. The molecule has 0 fully saturated rings. The highest BCUT2D eigenvalue weighted by atomic mass is 16.5. The van der Waals surface area contributed by atoms with Crippen LogP contribution in [0.4, 0.5) is 0 Å². The Labute approximate surface area is 162 Å². The molecule has 0 spiro atoms. The van der Waals surface area contributed by atoms with Crippen LogP contribution in [0.25, 0.3) is 11.4 Å². The number of aromatic nitrogens is 2. The van der Waals surface area contributed by atoms with E-state index in [4.69, 9.17) is 14.0 Å². The molecule has 0 saturated carbocycles. The molecular weight excluding hydrogens is 358 g/mol. The van der Waals surface area contributed by atoms with Gasteiger partial charge < -0.3 is 19.3 Å². The third kappa shape index (κ3) is 3.98. The number of aryl methyl sites for hydroxylation is 1. The van der Waals surface area contributed by atoms with E-state index in [1.165, 1.54) is 0 Å². The Morgan fingerprint density at radius 2 is 2.04 bits per heavy atom. The van der Waals surface area contributed by atoms with Crippen molar-refractivity contribution in [2.45, 2.75) is 25.3 Å². The van der Waals surface area contributed by atoms with Crippen LogP contribution < -0.4 is 14.8 Å². The van der Waals surface area contributed by atoms with Crippen molar-refractivity contribution in [2.24, 2.45) is 0 Å². The molecule has 0 saturated heterocycles. The first-order valence-electron chi connectivity index (χ1n) is 9.21. The molecule has 0 radical (unpaired) electrons. The molecule has 2 aromatic carbocycles. The Morgan fingerprint density at radius 1 is 1.21 bits per heavy atom. The summed E-state index contributed by atoms with van der Waals surface area (Å²) in [6.45, 7) is 0.594. The minimum atomic E-state index is -0.0501. The minimum absolute atomic E-state index is 0.0324. The van der Waals surface area contributed by atoms with Crippen molar-refractivity contribution in [1.82, 2.24) is 15.5 Å². The molecule has 1 unspecified atom stereocenters. The van der Waals surface area contributed by atoms with Gasteiger partial charge in [-0.05, 0) is 30.3 Å². The highest BCUT2D eigenvalue weighted by molar-refractivity contribution is 5.76. The van der Waals surface area contributed by atoms with Crippen LogP contribution in [0.1, 0.15) is 30.3 Å². The van der Waals surface area contributed by atoms with E-state index in [2.05, 4.69) is 15.5 Å². The molecule has 1 aromatic heterocycles. The summed E-state index contributed by atoms with van der Waals surface area (Å²) in [6, 6.07) is 15.2. The molecule has 0 aliphatic carbocycles. The van der Waals surface area contributed by atoms with Gasteiger partial charge in [-0.25, -0.2) is 0 Å². The van der Waals surface area contributed by atoms with Crippen molar-refractivity contribution < 1.29 is 18.8 Å². The number of amides is 1. The van der Waals surface area contributed by atoms with Gasteiger partial charge in [0.1, 0.15) is 11.5 Å². The number of benzene rings is 2. The third-order valence-electron chi connectivity index (χ3n) is 4.68. The lowest BCUT2D eigenvalue weighted by molar-refractivity contribution is -0.122. The third-order valence-corrected chi connectivity index (χ3v) is 4.68. The van der Waals surface area contributed by atoms with Crippen molar-refractivity contribution in [1.29, 1.82) is 0 Å². The molecule has 3 aromatic rings. The first-order valence-corrected chi connectivity index (χ1v) is 9.21. The van der Waals surface area contributed by atoms with Gasteiger partial charge in [-0.1, -0.05) is 23.4 Å². The largest absolute Gasteiger partial charge is 0.497 e. The fourth-order valence-corrected chi connectivity index (χ4v) is 3.19. The van der Waals surface area contributed by atoms with E-state index in [-0.39, 0.29) is 18.4 Å². The van der Waals surface area contributed by atoms with Gasteiger partial charge in [-0.15, -0.1) is 0 Å². The lowest BCUT2D eigenvalue weighted by Gasteiger charge is -2.26. The van der Waals surface area contributed by atoms with E-state index in [0.29, 0.717) is 24.7 Å². The van der Waals surface area contributed by atoms with Crippen molar-refractivity contribution >= 4 is 5.91 Å². The summed E-state index contributed by atoms with van der Waals surface area (Å²) < 4.78 is 16.1. The highest BCUT2D eigenvalue weighted by Gasteiger charge is 2.22. The lowest BCUT2D eigenvalue weighted by atomic mass is 10.0. The first kappa shape index (κ1) is 18.0.